The number of aliphatic hydroxyl groups is 3. The molecule has 1 aromatic carbocycles. The van der Waals surface area contributed by atoms with Crippen LogP contribution in [0, 0.1) is 5.92 Å². The summed E-state index contributed by atoms with van der Waals surface area (Å²) in [5.74, 6) is 0.376. The van der Waals surface area contributed by atoms with Gasteiger partial charge in [0.25, 0.3) is 0 Å². The van der Waals surface area contributed by atoms with E-state index < -0.39 is 11.8 Å². The fourth-order valence-corrected chi connectivity index (χ4v) is 6.50. The third-order valence-electron chi connectivity index (χ3n) is 7.92. The van der Waals surface area contributed by atoms with Crippen molar-refractivity contribution < 1.29 is 20.4 Å². The fraction of sp³-hybridized carbons (Fsp3) is 0.714. The monoisotopic (exact) mass is 359 g/mol. The number of piperidine rings is 1. The van der Waals surface area contributed by atoms with E-state index in [2.05, 4.69) is 4.90 Å². The molecule has 5 nitrogen and oxygen atoms in total. The van der Waals surface area contributed by atoms with Crippen LogP contribution in [0.1, 0.15) is 56.1 Å². The van der Waals surface area contributed by atoms with E-state index >= 15 is 0 Å². The van der Waals surface area contributed by atoms with Crippen LogP contribution in [0.2, 0.25) is 0 Å². The average Bonchev–Trinajstić information content (AvgIpc) is 2.59. The number of hydrogen-bond donors (Lipinski definition) is 4. The zero-order chi connectivity index (χ0) is 18.1. The maximum absolute atomic E-state index is 12.0. The third-order valence-corrected chi connectivity index (χ3v) is 7.92. The normalized spacial score (nSPS) is 43.1. The number of likely N-dealkylation sites (tertiary alicyclic amines) is 1. The van der Waals surface area contributed by atoms with Gasteiger partial charge in [-0.1, -0.05) is 18.9 Å². The van der Waals surface area contributed by atoms with Crippen molar-refractivity contribution in [2.75, 3.05) is 6.54 Å². The molecule has 2 saturated carbocycles. The maximum atomic E-state index is 12.0. The van der Waals surface area contributed by atoms with Gasteiger partial charge < -0.3 is 20.4 Å². The lowest BCUT2D eigenvalue weighted by Crippen LogP contribution is -2.74. The smallest absolute Gasteiger partial charge is 0.115 e. The Hall–Kier alpha value is -1.14. The first kappa shape index (κ1) is 17.0. The molecule has 0 amide bonds. The molecule has 0 aromatic heterocycles. The fourth-order valence-electron chi connectivity index (χ4n) is 6.50. The van der Waals surface area contributed by atoms with E-state index in [9.17, 15) is 20.4 Å². The van der Waals surface area contributed by atoms with Crippen molar-refractivity contribution in [3.63, 3.8) is 0 Å². The molecule has 1 heterocycles. The van der Waals surface area contributed by atoms with Gasteiger partial charge in [0.1, 0.15) is 12.0 Å². The van der Waals surface area contributed by atoms with Crippen molar-refractivity contribution in [3.05, 3.63) is 29.3 Å². The van der Waals surface area contributed by atoms with Gasteiger partial charge in [-0.3, -0.25) is 4.90 Å². The molecule has 4 atom stereocenters. The molecule has 142 valence electrons. The summed E-state index contributed by atoms with van der Waals surface area (Å²) in [4.78, 5) is 2.12. The highest BCUT2D eigenvalue weighted by molar-refractivity contribution is 5.48. The molecule has 4 aliphatic rings. The van der Waals surface area contributed by atoms with Crippen molar-refractivity contribution >= 4 is 0 Å². The predicted molar refractivity (Wildman–Crippen MR) is 96.8 cm³/mol. The van der Waals surface area contributed by atoms with Crippen molar-refractivity contribution in [3.8, 4) is 5.75 Å². The Morgan fingerprint density at radius 2 is 1.88 bits per heavy atom. The highest BCUT2D eigenvalue weighted by atomic mass is 16.3. The minimum atomic E-state index is -0.854. The number of aromatic hydroxyl groups is 1. The molecule has 4 N–H and O–H groups in total. The molecule has 1 unspecified atom stereocenters. The van der Waals surface area contributed by atoms with Crippen molar-refractivity contribution in [1.82, 2.24) is 4.90 Å². The van der Waals surface area contributed by atoms with E-state index in [1.807, 2.05) is 12.1 Å². The molecule has 5 rings (SSSR count). The van der Waals surface area contributed by atoms with Crippen molar-refractivity contribution in [2.24, 2.45) is 5.92 Å². The third kappa shape index (κ3) is 2.12. The van der Waals surface area contributed by atoms with Gasteiger partial charge in [0.15, 0.2) is 0 Å². The Kier molecular flexibility index (Phi) is 3.71. The first-order valence-corrected chi connectivity index (χ1v) is 10.1. The SMILES string of the molecule is Oc1ccc2c(c1)[C@@]13CCCC[C@@]1(O)C(C2)N([C@@H](O)C1CC(O)C1)CC3. The molecule has 3 aliphatic carbocycles. The Labute approximate surface area is 154 Å². The van der Waals surface area contributed by atoms with Crippen LogP contribution in [0.4, 0.5) is 0 Å². The van der Waals surface area contributed by atoms with Crippen LogP contribution in [-0.4, -0.2) is 55.8 Å². The number of benzene rings is 1. The van der Waals surface area contributed by atoms with Gasteiger partial charge in [0.05, 0.1) is 11.7 Å². The minimum absolute atomic E-state index is 0.0960. The van der Waals surface area contributed by atoms with Crippen LogP contribution < -0.4 is 0 Å². The molecular weight excluding hydrogens is 330 g/mol. The predicted octanol–water partition coefficient (Wildman–Crippen LogP) is 1.65. The van der Waals surface area contributed by atoms with Gasteiger partial charge in [-0.15, -0.1) is 0 Å². The molecule has 0 spiro atoms. The Balaban J connectivity index is 1.57. The number of aliphatic hydroxyl groups excluding tert-OH is 2. The van der Waals surface area contributed by atoms with Crippen LogP contribution in [0.5, 0.6) is 5.75 Å². The van der Waals surface area contributed by atoms with E-state index in [1.54, 1.807) is 6.07 Å². The molecule has 2 bridgehead atoms. The summed E-state index contributed by atoms with van der Waals surface area (Å²) < 4.78 is 0. The lowest BCUT2D eigenvalue weighted by Gasteiger charge is -2.65. The highest BCUT2D eigenvalue weighted by Gasteiger charge is 2.64. The van der Waals surface area contributed by atoms with E-state index in [0.717, 1.165) is 44.2 Å². The first-order valence-electron chi connectivity index (χ1n) is 10.1. The molecule has 3 fully saturated rings. The number of fused-ring (bicyclic) bond motifs is 1. The molecule has 1 saturated heterocycles. The number of rotatable bonds is 2. The maximum Gasteiger partial charge on any atom is 0.115 e. The summed E-state index contributed by atoms with van der Waals surface area (Å²) >= 11 is 0. The second kappa shape index (κ2) is 5.68. The molecule has 1 aliphatic heterocycles. The highest BCUT2D eigenvalue weighted by Crippen LogP contribution is 2.59. The summed E-state index contributed by atoms with van der Waals surface area (Å²) in [5.41, 5.74) is 1.17. The largest absolute Gasteiger partial charge is 0.508 e. The number of phenols is 1. The summed E-state index contributed by atoms with van der Waals surface area (Å²) in [6, 6.07) is 5.51. The van der Waals surface area contributed by atoms with Crippen molar-refractivity contribution in [2.45, 2.75) is 80.8 Å². The van der Waals surface area contributed by atoms with Crippen LogP contribution in [0.15, 0.2) is 18.2 Å². The second-order valence-corrected chi connectivity index (χ2v) is 9.06. The number of nitrogens with zero attached hydrogens (tertiary/aromatic N) is 1. The van der Waals surface area contributed by atoms with Crippen molar-refractivity contribution in [1.29, 1.82) is 0 Å². The lowest BCUT2D eigenvalue weighted by molar-refractivity contribution is -0.215. The second-order valence-electron chi connectivity index (χ2n) is 9.06. The van der Waals surface area contributed by atoms with E-state index in [0.29, 0.717) is 19.3 Å². The molecule has 5 heteroatoms. The standard InChI is InChI=1S/C21H29NO4/c23-15-4-3-13-11-18-21(26)6-2-1-5-20(21,17(13)12-15)7-8-22(18)19(25)14-9-16(24)10-14/h3-4,12,14,16,18-19,23-26H,1-2,5-11H2/t14?,16?,18?,19-,20-,21+/m0/s1. The average molecular weight is 359 g/mol. The quantitative estimate of drug-likeness (QED) is 0.645. The Bertz CT molecular complexity index is 718. The summed E-state index contributed by atoms with van der Waals surface area (Å²) in [6.07, 6.45) is 5.75. The van der Waals surface area contributed by atoms with Crippen LogP contribution in [-0.2, 0) is 11.8 Å². The van der Waals surface area contributed by atoms with Gasteiger partial charge in [0, 0.05) is 23.9 Å². The molecule has 1 aromatic rings. The summed E-state index contributed by atoms with van der Waals surface area (Å²) in [5, 5.41) is 42.7. The molecular formula is C21H29NO4. The minimum Gasteiger partial charge on any atom is -0.508 e. The van der Waals surface area contributed by atoms with Gasteiger partial charge in [-0.05, 0) is 61.8 Å². The van der Waals surface area contributed by atoms with E-state index in [4.69, 9.17) is 0 Å². The van der Waals surface area contributed by atoms with Gasteiger partial charge in [-0.2, -0.15) is 0 Å². The number of hydrogen-bond acceptors (Lipinski definition) is 5. The zero-order valence-electron chi connectivity index (χ0n) is 15.1. The first-order chi connectivity index (χ1) is 12.4. The van der Waals surface area contributed by atoms with Gasteiger partial charge in [-0.25, -0.2) is 0 Å². The topological polar surface area (TPSA) is 84.2 Å². The lowest BCUT2D eigenvalue weighted by atomic mass is 9.49. The van der Waals surface area contributed by atoms with Crippen LogP contribution >= 0.6 is 0 Å². The van der Waals surface area contributed by atoms with E-state index in [1.165, 1.54) is 5.56 Å². The zero-order valence-corrected chi connectivity index (χ0v) is 15.1. The van der Waals surface area contributed by atoms with E-state index in [-0.39, 0.29) is 29.2 Å². The van der Waals surface area contributed by atoms with Gasteiger partial charge >= 0.3 is 0 Å². The number of phenolic OH excluding ortho intramolecular Hbond substituents is 1. The molecule has 0 radical (unpaired) electrons. The summed E-state index contributed by atoms with van der Waals surface area (Å²) in [6.45, 7) is 0.760. The van der Waals surface area contributed by atoms with Gasteiger partial charge in [0.2, 0.25) is 0 Å². The molecule has 26 heavy (non-hydrogen) atoms. The Morgan fingerprint density at radius 1 is 1.12 bits per heavy atom. The van der Waals surface area contributed by atoms with Crippen LogP contribution in [0.3, 0.4) is 0 Å². The Morgan fingerprint density at radius 3 is 2.65 bits per heavy atom. The summed E-state index contributed by atoms with van der Waals surface area (Å²) in [7, 11) is 0. The van der Waals surface area contributed by atoms with Crippen LogP contribution in [0.25, 0.3) is 0 Å².